The van der Waals surface area contributed by atoms with Gasteiger partial charge in [0.05, 0.1) is 12.6 Å². The van der Waals surface area contributed by atoms with Gasteiger partial charge in [-0.15, -0.1) is 0 Å². The molecule has 0 saturated carbocycles. The summed E-state index contributed by atoms with van der Waals surface area (Å²) in [7, 11) is -3.44. The van der Waals surface area contributed by atoms with Crippen molar-refractivity contribution in [1.29, 1.82) is 0 Å². The Bertz CT molecular complexity index is 1010. The Labute approximate surface area is 171 Å². The molecule has 1 amide bonds. The molecule has 2 aromatic carbocycles. The van der Waals surface area contributed by atoms with Gasteiger partial charge in [0.25, 0.3) is 5.91 Å². The number of amides is 1. The molecule has 0 radical (unpaired) electrons. The highest BCUT2D eigenvalue weighted by molar-refractivity contribution is 7.90. The summed E-state index contributed by atoms with van der Waals surface area (Å²) in [5.74, 6) is -0.0564. The first-order chi connectivity index (χ1) is 14.0. The van der Waals surface area contributed by atoms with Gasteiger partial charge in [-0.25, -0.2) is 8.42 Å². The van der Waals surface area contributed by atoms with E-state index < -0.39 is 20.9 Å². The van der Waals surface area contributed by atoms with Crippen LogP contribution in [-0.2, 0) is 21.2 Å². The molecule has 6 nitrogen and oxygen atoms in total. The van der Waals surface area contributed by atoms with Crippen LogP contribution in [0.15, 0.2) is 60.7 Å². The highest BCUT2D eigenvalue weighted by Gasteiger charge is 2.65. The van der Waals surface area contributed by atoms with E-state index in [1.165, 1.54) is 0 Å². The molecule has 0 unspecified atom stereocenters. The van der Waals surface area contributed by atoms with Crippen LogP contribution in [0.1, 0.15) is 22.3 Å². The van der Waals surface area contributed by atoms with Crippen molar-refractivity contribution in [1.82, 2.24) is 9.21 Å². The number of sulfonamides is 1. The van der Waals surface area contributed by atoms with Gasteiger partial charge >= 0.3 is 0 Å². The second kappa shape index (κ2) is 6.93. The summed E-state index contributed by atoms with van der Waals surface area (Å²) in [6.45, 7) is 1.53. The molecule has 3 atom stereocenters. The van der Waals surface area contributed by atoms with Gasteiger partial charge in [0.15, 0.2) is 0 Å². The quantitative estimate of drug-likeness (QED) is 0.770. The molecule has 3 aliphatic heterocycles. The van der Waals surface area contributed by atoms with Crippen LogP contribution in [0.3, 0.4) is 0 Å². The van der Waals surface area contributed by atoms with Gasteiger partial charge in [-0.05, 0) is 30.5 Å². The van der Waals surface area contributed by atoms with Crippen molar-refractivity contribution < 1.29 is 17.9 Å². The monoisotopic (exact) mass is 412 g/mol. The first kappa shape index (κ1) is 18.8. The summed E-state index contributed by atoms with van der Waals surface area (Å²) >= 11 is 0. The number of nitrogens with zero attached hydrogens (tertiary/aromatic N) is 2. The van der Waals surface area contributed by atoms with E-state index in [9.17, 15) is 13.2 Å². The maximum Gasteiger partial charge on any atom is 0.254 e. The number of rotatable bonds is 4. The predicted molar refractivity (Wildman–Crippen MR) is 109 cm³/mol. The maximum absolute atomic E-state index is 13.2. The third-order valence-electron chi connectivity index (χ3n) is 6.31. The molecule has 3 fully saturated rings. The molecular formula is C22H24N2O4S. The fourth-order valence-electron chi connectivity index (χ4n) is 4.97. The minimum atomic E-state index is -3.44. The number of benzene rings is 2. The van der Waals surface area contributed by atoms with Crippen molar-refractivity contribution >= 4 is 15.9 Å². The average molecular weight is 413 g/mol. The lowest BCUT2D eigenvalue weighted by molar-refractivity contribution is -0.0976. The third kappa shape index (κ3) is 3.17. The highest BCUT2D eigenvalue weighted by atomic mass is 32.2. The molecule has 0 N–H and O–H groups in total. The molecule has 152 valence electrons. The first-order valence-electron chi connectivity index (χ1n) is 10.0. The summed E-state index contributed by atoms with van der Waals surface area (Å²) in [5, 5.41) is -0.565. The van der Waals surface area contributed by atoms with Crippen LogP contribution in [0, 0.1) is 0 Å². The lowest BCUT2D eigenvalue weighted by Gasteiger charge is -2.39. The normalized spacial score (nSPS) is 30.3. The van der Waals surface area contributed by atoms with Gasteiger partial charge in [-0.3, -0.25) is 4.79 Å². The zero-order chi connectivity index (χ0) is 20.1. The molecule has 2 aromatic rings. The third-order valence-corrected chi connectivity index (χ3v) is 8.68. The van der Waals surface area contributed by atoms with E-state index in [0.29, 0.717) is 44.6 Å². The molecule has 5 rings (SSSR count). The van der Waals surface area contributed by atoms with Crippen LogP contribution < -0.4 is 0 Å². The van der Waals surface area contributed by atoms with E-state index in [-0.39, 0.29) is 12.0 Å². The molecule has 29 heavy (non-hydrogen) atoms. The summed E-state index contributed by atoms with van der Waals surface area (Å²) in [6.07, 6.45) is 0.911. The number of hydrogen-bond donors (Lipinski definition) is 0. The topological polar surface area (TPSA) is 66.9 Å². The number of hydrogen-bond acceptors (Lipinski definition) is 4. The molecule has 3 aliphatic rings. The lowest BCUT2D eigenvalue weighted by Crippen LogP contribution is -2.56. The van der Waals surface area contributed by atoms with Gasteiger partial charge in [-0.1, -0.05) is 48.5 Å². The Hall–Kier alpha value is -2.22. The van der Waals surface area contributed by atoms with Crippen LogP contribution in [0.2, 0.25) is 0 Å². The highest BCUT2D eigenvalue weighted by Crippen LogP contribution is 2.46. The van der Waals surface area contributed by atoms with Gasteiger partial charge in [-0.2, -0.15) is 4.31 Å². The van der Waals surface area contributed by atoms with E-state index in [0.717, 1.165) is 5.56 Å². The minimum absolute atomic E-state index is 0.0564. The zero-order valence-electron chi connectivity index (χ0n) is 16.1. The molecule has 3 heterocycles. The molecule has 1 spiro atoms. The summed E-state index contributed by atoms with van der Waals surface area (Å²) in [4.78, 5) is 14.7. The van der Waals surface area contributed by atoms with Crippen LogP contribution in [0.5, 0.6) is 0 Å². The van der Waals surface area contributed by atoms with Gasteiger partial charge < -0.3 is 9.64 Å². The number of likely N-dealkylation sites (tertiary alicyclic amines) is 1. The zero-order valence-corrected chi connectivity index (χ0v) is 16.9. The minimum Gasteiger partial charge on any atom is -0.365 e. The molecule has 3 saturated heterocycles. The standard InChI is InChI=1S/C22H24N2O4S/c25-21(18-9-5-2-6-10-18)23-14-19-13-20-22(15-23,28-19)16-24(29(20,26)27)12-11-17-7-3-1-4-8-17/h1-10,19-20H,11-16H2/t19-,20+,22+/m0/s1. The van der Waals surface area contributed by atoms with E-state index in [4.69, 9.17) is 4.74 Å². The van der Waals surface area contributed by atoms with Crippen molar-refractivity contribution in [2.24, 2.45) is 0 Å². The van der Waals surface area contributed by atoms with Crippen molar-refractivity contribution in [2.45, 2.75) is 29.8 Å². The fourth-order valence-corrected chi connectivity index (χ4v) is 7.28. The van der Waals surface area contributed by atoms with Gasteiger partial charge in [0.2, 0.25) is 10.0 Å². The molecule has 2 bridgehead atoms. The smallest absolute Gasteiger partial charge is 0.254 e. The SMILES string of the molecule is O=C(c1ccccc1)N1C[C@@H]2C[C@@H]3[C@@](C1)(CN(CCc1ccccc1)S3(=O)=O)O2. The second-order valence-corrected chi connectivity index (χ2v) is 10.3. The second-order valence-electron chi connectivity index (χ2n) is 8.19. The summed E-state index contributed by atoms with van der Waals surface area (Å²) < 4.78 is 34.2. The molecule has 7 heteroatoms. The Morgan fingerprint density at radius 3 is 2.45 bits per heavy atom. The van der Waals surface area contributed by atoms with Gasteiger partial charge in [0.1, 0.15) is 10.9 Å². The van der Waals surface area contributed by atoms with Crippen molar-refractivity contribution in [3.63, 3.8) is 0 Å². The number of ether oxygens (including phenoxy) is 1. The first-order valence-corrected chi connectivity index (χ1v) is 11.5. The molecule has 0 aliphatic carbocycles. The van der Waals surface area contributed by atoms with Crippen LogP contribution >= 0.6 is 0 Å². The van der Waals surface area contributed by atoms with Gasteiger partial charge in [0, 0.05) is 25.2 Å². The Morgan fingerprint density at radius 2 is 1.72 bits per heavy atom. The summed E-state index contributed by atoms with van der Waals surface area (Å²) in [6, 6.07) is 19.1. The Balaban J connectivity index is 1.36. The molecular weight excluding hydrogens is 388 g/mol. The number of carbonyl (C=O) groups excluding carboxylic acids is 1. The summed E-state index contributed by atoms with van der Waals surface area (Å²) in [5.41, 5.74) is 0.923. The van der Waals surface area contributed by atoms with E-state index in [1.807, 2.05) is 48.5 Å². The largest absolute Gasteiger partial charge is 0.365 e. The number of carbonyl (C=O) groups is 1. The van der Waals surface area contributed by atoms with Crippen LogP contribution in [-0.4, -0.2) is 66.7 Å². The number of morpholine rings is 1. The van der Waals surface area contributed by atoms with E-state index >= 15 is 0 Å². The average Bonchev–Trinajstić information content (AvgIpc) is 3.12. The predicted octanol–water partition coefficient (Wildman–Crippen LogP) is 1.93. The Kier molecular flexibility index (Phi) is 4.49. The lowest BCUT2D eigenvalue weighted by atomic mass is 9.99. The van der Waals surface area contributed by atoms with E-state index in [2.05, 4.69) is 0 Å². The number of fused-ring (bicyclic) bond motifs is 1. The van der Waals surface area contributed by atoms with E-state index in [1.54, 1.807) is 21.3 Å². The Morgan fingerprint density at radius 1 is 1.03 bits per heavy atom. The maximum atomic E-state index is 13.2. The van der Waals surface area contributed by atoms with Crippen molar-refractivity contribution in [3.05, 3.63) is 71.8 Å². The van der Waals surface area contributed by atoms with Crippen LogP contribution in [0.4, 0.5) is 0 Å². The van der Waals surface area contributed by atoms with Crippen molar-refractivity contribution in [3.8, 4) is 0 Å². The van der Waals surface area contributed by atoms with Crippen molar-refractivity contribution in [2.75, 3.05) is 26.2 Å². The molecule has 0 aromatic heterocycles. The fraction of sp³-hybridized carbons (Fsp3) is 0.409. The van der Waals surface area contributed by atoms with Crippen LogP contribution in [0.25, 0.3) is 0 Å².